The Morgan fingerprint density at radius 2 is 2.27 bits per heavy atom. The number of halogens is 2. The second-order valence-electron chi connectivity index (χ2n) is 2.34. The van der Waals surface area contributed by atoms with Crippen LogP contribution in [0, 0.1) is 0 Å². The van der Waals surface area contributed by atoms with Crippen molar-refractivity contribution >= 4 is 34.7 Å². The Hall–Kier alpha value is -0.540. The maximum atomic E-state index is 5.79. The van der Waals surface area contributed by atoms with E-state index in [0.717, 1.165) is 0 Å². The molecule has 0 amide bonds. The van der Waals surface area contributed by atoms with Crippen molar-refractivity contribution in [2.75, 3.05) is 0 Å². The van der Waals surface area contributed by atoms with Crippen molar-refractivity contribution in [3.05, 3.63) is 11.2 Å². The Bertz CT molecular complexity index is 269. The zero-order valence-corrected chi connectivity index (χ0v) is 6.97. The fourth-order valence-electron chi connectivity index (χ4n) is 1.09. The normalized spacial score (nSPS) is 34.0. The van der Waals surface area contributed by atoms with Crippen LogP contribution in [-0.2, 0) is 0 Å². The third-order valence-corrected chi connectivity index (χ3v) is 2.15. The zero-order valence-electron chi connectivity index (χ0n) is 5.46. The number of fused-ring (bicyclic) bond motifs is 1. The van der Waals surface area contributed by atoms with Gasteiger partial charge in [-0.1, -0.05) is 23.2 Å². The summed E-state index contributed by atoms with van der Waals surface area (Å²) >= 11 is 11.5. The summed E-state index contributed by atoms with van der Waals surface area (Å²) in [4.78, 5) is 7.99. The van der Waals surface area contributed by atoms with Crippen molar-refractivity contribution in [1.82, 2.24) is 5.32 Å². The number of hydrogen-bond donors (Lipinski definition) is 1. The fraction of sp³-hybridized carbons (Fsp3) is 0.333. The van der Waals surface area contributed by atoms with Crippen LogP contribution in [0.2, 0.25) is 0 Å². The van der Waals surface area contributed by atoms with E-state index in [1.807, 2.05) is 0 Å². The summed E-state index contributed by atoms with van der Waals surface area (Å²) in [5, 5.41) is 3.86. The van der Waals surface area contributed by atoms with Gasteiger partial charge in [0.25, 0.3) is 0 Å². The maximum Gasteiger partial charge on any atom is 0.132 e. The second-order valence-corrected chi connectivity index (χ2v) is 3.11. The summed E-state index contributed by atoms with van der Waals surface area (Å²) in [5.41, 5.74) is 0. The quantitative estimate of drug-likeness (QED) is 0.570. The molecule has 2 aliphatic heterocycles. The third-order valence-electron chi connectivity index (χ3n) is 1.62. The predicted molar refractivity (Wildman–Crippen MR) is 46.4 cm³/mol. The molecule has 0 aromatic carbocycles. The molecule has 2 heterocycles. The number of aliphatic imine (C=N–C) groups is 2. The molecule has 11 heavy (non-hydrogen) atoms. The van der Waals surface area contributed by atoms with E-state index in [0.29, 0.717) is 10.3 Å². The smallest absolute Gasteiger partial charge is 0.132 e. The molecule has 2 aliphatic rings. The van der Waals surface area contributed by atoms with Crippen LogP contribution < -0.4 is 5.32 Å². The van der Waals surface area contributed by atoms with E-state index in [4.69, 9.17) is 23.2 Å². The van der Waals surface area contributed by atoms with Gasteiger partial charge >= 0.3 is 0 Å². The van der Waals surface area contributed by atoms with Gasteiger partial charge < -0.3 is 5.32 Å². The molecule has 0 spiro atoms. The van der Waals surface area contributed by atoms with Crippen LogP contribution >= 0.6 is 23.2 Å². The molecule has 2 atom stereocenters. The van der Waals surface area contributed by atoms with Gasteiger partial charge in [-0.2, -0.15) is 0 Å². The van der Waals surface area contributed by atoms with Gasteiger partial charge in [-0.25, -0.2) is 4.99 Å². The molecule has 0 saturated heterocycles. The van der Waals surface area contributed by atoms with Crippen molar-refractivity contribution in [2.24, 2.45) is 9.98 Å². The molecule has 0 saturated carbocycles. The summed E-state index contributed by atoms with van der Waals surface area (Å²) in [7, 11) is 0. The van der Waals surface area contributed by atoms with Crippen molar-refractivity contribution in [3.63, 3.8) is 0 Å². The van der Waals surface area contributed by atoms with Crippen LogP contribution in [0.5, 0.6) is 0 Å². The van der Waals surface area contributed by atoms with Crippen LogP contribution in [-0.4, -0.2) is 23.6 Å². The lowest BCUT2D eigenvalue weighted by atomic mass is 10.1. The third kappa shape index (κ3) is 1.14. The highest BCUT2D eigenvalue weighted by atomic mass is 35.5. The van der Waals surface area contributed by atoms with Crippen LogP contribution in [0.15, 0.2) is 21.2 Å². The van der Waals surface area contributed by atoms with Gasteiger partial charge in [-0.15, -0.1) is 0 Å². The number of rotatable bonds is 0. The Balaban J connectivity index is 2.33. The van der Waals surface area contributed by atoms with Crippen LogP contribution in [0.4, 0.5) is 0 Å². The van der Waals surface area contributed by atoms with Gasteiger partial charge in [-0.3, -0.25) is 4.99 Å². The molecule has 0 bridgehead atoms. The zero-order chi connectivity index (χ0) is 7.84. The van der Waals surface area contributed by atoms with Crippen molar-refractivity contribution in [2.45, 2.75) is 12.1 Å². The highest BCUT2D eigenvalue weighted by Crippen LogP contribution is 2.21. The lowest BCUT2D eigenvalue weighted by Gasteiger charge is -2.17. The Morgan fingerprint density at radius 3 is 3.09 bits per heavy atom. The maximum absolute atomic E-state index is 5.79. The Kier molecular flexibility index (Phi) is 1.62. The lowest BCUT2D eigenvalue weighted by molar-refractivity contribution is 0.730. The minimum Gasteiger partial charge on any atom is -0.365 e. The summed E-state index contributed by atoms with van der Waals surface area (Å²) in [5.74, 6) is 0. The molecule has 0 radical (unpaired) electrons. The summed E-state index contributed by atoms with van der Waals surface area (Å²) in [6, 6.07) is 0.0201. The highest BCUT2D eigenvalue weighted by Gasteiger charge is 2.29. The van der Waals surface area contributed by atoms with E-state index in [9.17, 15) is 0 Å². The molecule has 0 aliphatic carbocycles. The molecule has 58 valence electrons. The number of hydrogen-bond acceptors (Lipinski definition) is 3. The van der Waals surface area contributed by atoms with E-state index >= 15 is 0 Å². The molecule has 1 N–H and O–H groups in total. The minimum atomic E-state index is -0.000772. The van der Waals surface area contributed by atoms with E-state index in [2.05, 4.69) is 15.3 Å². The number of nitrogens with zero attached hydrogens (tertiary/aromatic N) is 2. The van der Waals surface area contributed by atoms with Crippen molar-refractivity contribution in [3.8, 4) is 0 Å². The van der Waals surface area contributed by atoms with Crippen LogP contribution in [0.1, 0.15) is 0 Å². The van der Waals surface area contributed by atoms with Crippen LogP contribution in [0.25, 0.3) is 0 Å². The largest absolute Gasteiger partial charge is 0.365 e. The molecule has 0 aromatic heterocycles. The molecular formula is C6H5Cl2N3. The van der Waals surface area contributed by atoms with E-state index in [-0.39, 0.29) is 12.1 Å². The standard InChI is InChI=1S/C6H5Cl2N3/c7-4-1-3-5(6(8)11-4)10-2-9-3/h1-3,5H,(H,9,10). The average molecular weight is 190 g/mol. The summed E-state index contributed by atoms with van der Waals surface area (Å²) in [6.45, 7) is 0. The average Bonchev–Trinajstić information content (AvgIpc) is 2.34. The topological polar surface area (TPSA) is 36.8 Å². The van der Waals surface area contributed by atoms with Crippen molar-refractivity contribution in [1.29, 1.82) is 0 Å². The molecule has 2 rings (SSSR count). The molecular weight excluding hydrogens is 185 g/mol. The highest BCUT2D eigenvalue weighted by molar-refractivity contribution is 6.67. The Morgan fingerprint density at radius 1 is 1.45 bits per heavy atom. The Labute approximate surface area is 73.8 Å². The first kappa shape index (κ1) is 7.13. The first-order chi connectivity index (χ1) is 5.27. The molecule has 3 nitrogen and oxygen atoms in total. The first-order valence-corrected chi connectivity index (χ1v) is 3.92. The van der Waals surface area contributed by atoms with E-state index < -0.39 is 0 Å². The SMILES string of the molecule is ClC1=CC2N=CNC2C(Cl)=N1. The van der Waals surface area contributed by atoms with Crippen molar-refractivity contribution < 1.29 is 0 Å². The van der Waals surface area contributed by atoms with Gasteiger partial charge in [0.05, 0.1) is 12.4 Å². The summed E-state index contributed by atoms with van der Waals surface area (Å²) in [6.07, 6.45) is 3.40. The van der Waals surface area contributed by atoms with Gasteiger partial charge in [0.1, 0.15) is 16.4 Å². The van der Waals surface area contributed by atoms with Gasteiger partial charge in [0, 0.05) is 0 Å². The lowest BCUT2D eigenvalue weighted by Crippen LogP contribution is -2.37. The van der Waals surface area contributed by atoms with Crippen LogP contribution in [0.3, 0.4) is 0 Å². The molecule has 5 heteroatoms. The summed E-state index contributed by atoms with van der Waals surface area (Å²) < 4.78 is 0. The molecule has 0 fully saturated rings. The second kappa shape index (κ2) is 2.50. The van der Waals surface area contributed by atoms with E-state index in [1.54, 1.807) is 12.4 Å². The van der Waals surface area contributed by atoms with Gasteiger partial charge in [0.2, 0.25) is 0 Å². The van der Waals surface area contributed by atoms with E-state index in [1.165, 1.54) is 0 Å². The first-order valence-electron chi connectivity index (χ1n) is 3.16. The fourth-order valence-corrected chi connectivity index (χ4v) is 1.64. The van der Waals surface area contributed by atoms with Gasteiger partial charge in [-0.05, 0) is 6.08 Å². The molecule has 0 aromatic rings. The monoisotopic (exact) mass is 189 g/mol. The molecule has 2 unspecified atom stereocenters. The predicted octanol–water partition coefficient (Wildman–Crippen LogP) is 1.09. The minimum absolute atomic E-state index is 0.000772. The number of nitrogens with one attached hydrogen (secondary N) is 1. The van der Waals surface area contributed by atoms with Gasteiger partial charge in [0.15, 0.2) is 0 Å².